The number of amides is 1. The fourth-order valence-electron chi connectivity index (χ4n) is 6.56. The summed E-state index contributed by atoms with van der Waals surface area (Å²) in [5.74, 6) is -0.779. The summed E-state index contributed by atoms with van der Waals surface area (Å²) in [6.45, 7) is 13.8. The van der Waals surface area contributed by atoms with Gasteiger partial charge in [0.2, 0.25) is 11.7 Å². The van der Waals surface area contributed by atoms with E-state index in [1.54, 1.807) is 19.1 Å². The van der Waals surface area contributed by atoms with Gasteiger partial charge in [0, 0.05) is 29.9 Å². The lowest BCUT2D eigenvalue weighted by atomic mass is 9.50. The maximum atomic E-state index is 13.2. The second-order valence-corrected chi connectivity index (χ2v) is 10.7. The van der Waals surface area contributed by atoms with Crippen LogP contribution in [-0.4, -0.2) is 29.7 Å². The van der Waals surface area contributed by atoms with Gasteiger partial charge in [0.15, 0.2) is 11.9 Å². The van der Waals surface area contributed by atoms with Crippen LogP contribution in [0.25, 0.3) is 0 Å². The highest BCUT2D eigenvalue weighted by molar-refractivity contribution is 5.78. The van der Waals surface area contributed by atoms with E-state index >= 15 is 0 Å². The number of halogens is 1. The summed E-state index contributed by atoms with van der Waals surface area (Å²) in [6.07, 6.45) is 8.56. The monoisotopic (exact) mass is 463 g/mol. The second kappa shape index (κ2) is 8.91. The first-order valence-corrected chi connectivity index (χ1v) is 12.2. The van der Waals surface area contributed by atoms with Gasteiger partial charge < -0.3 is 14.8 Å². The molecule has 0 aromatic rings. The van der Waals surface area contributed by atoms with Gasteiger partial charge in [0.1, 0.15) is 5.83 Å². The third kappa shape index (κ3) is 4.11. The average molecular weight is 464 g/mol. The van der Waals surface area contributed by atoms with Gasteiger partial charge in [-0.2, -0.15) is 0 Å². The Morgan fingerprint density at radius 3 is 2.67 bits per heavy atom. The molecule has 3 unspecified atom stereocenters. The van der Waals surface area contributed by atoms with Gasteiger partial charge in [-0.15, -0.1) is 0 Å². The molecule has 1 aliphatic carbocycles. The zero-order chi connectivity index (χ0) is 24.0. The molecule has 1 N–H and O–H groups in total. The smallest absolute Gasteiger partial charge is 0.224 e. The average Bonchev–Trinajstić information content (AvgIpc) is 2.92. The number of carbonyl (C=O) groups excluding carboxylic acids is 1. The number of rotatable bonds is 6. The van der Waals surface area contributed by atoms with Crippen molar-refractivity contribution >= 4 is 5.91 Å². The van der Waals surface area contributed by atoms with Crippen LogP contribution in [0.1, 0.15) is 73.1 Å². The van der Waals surface area contributed by atoms with Gasteiger partial charge >= 0.3 is 0 Å². The number of ether oxygens (including phenoxy) is 2. The lowest BCUT2D eigenvalue weighted by Crippen LogP contribution is -2.73. The van der Waals surface area contributed by atoms with E-state index in [-0.39, 0.29) is 35.7 Å². The van der Waals surface area contributed by atoms with E-state index in [2.05, 4.69) is 32.7 Å². The predicted molar refractivity (Wildman–Crippen MR) is 122 cm³/mol. The fourth-order valence-corrected chi connectivity index (χ4v) is 6.56. The van der Waals surface area contributed by atoms with Crippen LogP contribution in [0.2, 0.25) is 0 Å². The van der Waals surface area contributed by atoms with E-state index in [0.717, 1.165) is 25.7 Å². The quantitative estimate of drug-likeness (QED) is 0.418. The van der Waals surface area contributed by atoms with Crippen molar-refractivity contribution in [2.24, 2.45) is 23.2 Å². The Labute approximate surface area is 196 Å². The largest absolute Gasteiger partial charge is 0.346 e. The molecule has 5 rings (SSSR count). The lowest BCUT2D eigenvalue weighted by molar-refractivity contribution is -0.577. The van der Waals surface area contributed by atoms with Crippen LogP contribution >= 0.6 is 0 Å². The molecule has 33 heavy (non-hydrogen) atoms. The molecular formula is C26H38FNO5. The van der Waals surface area contributed by atoms with Crippen molar-refractivity contribution in [1.82, 2.24) is 5.32 Å². The van der Waals surface area contributed by atoms with Crippen LogP contribution in [-0.2, 0) is 24.0 Å². The van der Waals surface area contributed by atoms with E-state index in [0.29, 0.717) is 18.0 Å². The van der Waals surface area contributed by atoms with Gasteiger partial charge in [-0.3, -0.25) is 4.79 Å². The third-order valence-corrected chi connectivity index (χ3v) is 8.72. The number of allylic oxidation sites excluding steroid dienone is 4. The van der Waals surface area contributed by atoms with E-state index in [1.165, 1.54) is 6.08 Å². The minimum atomic E-state index is -0.829. The number of hydrogen-bond acceptors (Lipinski definition) is 5. The topological polar surface area (TPSA) is 66.0 Å². The summed E-state index contributed by atoms with van der Waals surface area (Å²) < 4.78 is 26.2. The first-order valence-electron chi connectivity index (χ1n) is 12.2. The van der Waals surface area contributed by atoms with Crippen molar-refractivity contribution in [2.45, 2.75) is 96.9 Å². The van der Waals surface area contributed by atoms with Crippen molar-refractivity contribution in [2.75, 3.05) is 0 Å². The number of carbonyl (C=O) groups is 1. The van der Waals surface area contributed by atoms with Crippen molar-refractivity contribution in [1.29, 1.82) is 0 Å². The SMILES string of the molecule is C=C(F)/C=C(\C=C/C)NC(=O)CCC1O[C@@H]2OC3(C)CC[C@@]4(C)[C@H](C)CC[C@@H](C1C)[C@@]24OO3. The minimum Gasteiger partial charge on any atom is -0.346 e. The summed E-state index contributed by atoms with van der Waals surface area (Å²) in [7, 11) is 0. The molecule has 2 bridgehead atoms. The van der Waals surface area contributed by atoms with Gasteiger partial charge in [-0.1, -0.05) is 33.4 Å². The maximum absolute atomic E-state index is 13.2. The molecule has 0 aromatic carbocycles. The number of hydrogen-bond donors (Lipinski definition) is 1. The molecule has 4 saturated heterocycles. The van der Waals surface area contributed by atoms with Gasteiger partial charge in [-0.05, 0) is 63.5 Å². The Bertz CT molecular complexity index is 858. The molecule has 0 radical (unpaired) electrons. The first kappa shape index (κ1) is 24.6. The molecule has 4 aliphatic heterocycles. The van der Waals surface area contributed by atoms with Crippen LogP contribution in [0.4, 0.5) is 4.39 Å². The standard InChI is InChI=1S/C26H38FNO5/c1-7-8-19(15-17(3)27)28-22(29)12-11-21-18(4)20-10-9-16(2)24(5)13-14-25(6)31-23(30-21)26(20,24)33-32-25/h7-8,15-16,18,20-21,23H,3,9-14H2,1-2,4-6H3,(H,28,29)/b8-7-,19-15+/t16-,18?,20+,21?,23-,24+,25?,26-/m1/s1. The third-order valence-electron chi connectivity index (χ3n) is 8.72. The van der Waals surface area contributed by atoms with Crippen molar-refractivity contribution in [3.63, 3.8) is 0 Å². The first-order chi connectivity index (χ1) is 15.5. The van der Waals surface area contributed by atoms with E-state index in [9.17, 15) is 9.18 Å². The summed E-state index contributed by atoms with van der Waals surface area (Å²) in [6, 6.07) is 0. The molecule has 5 aliphatic rings. The molecule has 1 spiro atoms. The minimum absolute atomic E-state index is 0.119. The molecule has 4 heterocycles. The molecule has 0 aromatic heterocycles. The molecule has 1 saturated carbocycles. The molecule has 7 heteroatoms. The van der Waals surface area contributed by atoms with Gasteiger partial charge in [0.05, 0.1) is 6.10 Å². The molecule has 1 amide bonds. The van der Waals surface area contributed by atoms with Gasteiger partial charge in [0.25, 0.3) is 0 Å². The fraction of sp³-hybridized carbons (Fsp3) is 0.731. The molecule has 5 fully saturated rings. The summed E-state index contributed by atoms with van der Waals surface area (Å²) in [5, 5.41) is 2.76. The van der Waals surface area contributed by atoms with Crippen LogP contribution in [0.3, 0.4) is 0 Å². The Morgan fingerprint density at radius 1 is 1.21 bits per heavy atom. The van der Waals surface area contributed by atoms with Crippen LogP contribution < -0.4 is 5.32 Å². The Kier molecular flexibility index (Phi) is 6.64. The molecule has 6 nitrogen and oxygen atoms in total. The molecule has 184 valence electrons. The van der Waals surface area contributed by atoms with Crippen molar-refractivity contribution in [3.05, 3.63) is 36.3 Å². The van der Waals surface area contributed by atoms with Crippen LogP contribution in [0.5, 0.6) is 0 Å². The zero-order valence-electron chi connectivity index (χ0n) is 20.5. The van der Waals surface area contributed by atoms with E-state index in [4.69, 9.17) is 19.2 Å². The van der Waals surface area contributed by atoms with Crippen molar-refractivity contribution in [3.8, 4) is 0 Å². The lowest BCUT2D eigenvalue weighted by Gasteiger charge is -2.64. The summed E-state index contributed by atoms with van der Waals surface area (Å²) in [4.78, 5) is 24.8. The second-order valence-electron chi connectivity index (χ2n) is 10.7. The van der Waals surface area contributed by atoms with E-state index < -0.39 is 23.5 Å². The maximum Gasteiger partial charge on any atom is 0.224 e. The molecule has 8 atom stereocenters. The predicted octanol–water partition coefficient (Wildman–Crippen LogP) is 5.47. The summed E-state index contributed by atoms with van der Waals surface area (Å²) in [5.41, 5.74) is -0.388. The van der Waals surface area contributed by atoms with E-state index in [1.807, 2.05) is 6.92 Å². The Balaban J connectivity index is 1.51. The normalized spacial score (nSPS) is 44.9. The Hall–Kier alpha value is -1.54. The van der Waals surface area contributed by atoms with Crippen LogP contribution in [0.15, 0.2) is 36.3 Å². The highest BCUT2D eigenvalue weighted by Gasteiger charge is 2.73. The number of nitrogens with one attached hydrogen (secondary N) is 1. The highest BCUT2D eigenvalue weighted by Crippen LogP contribution is 2.66. The summed E-state index contributed by atoms with van der Waals surface area (Å²) >= 11 is 0. The highest BCUT2D eigenvalue weighted by atomic mass is 19.1. The van der Waals surface area contributed by atoms with Crippen molar-refractivity contribution < 1.29 is 28.4 Å². The zero-order valence-corrected chi connectivity index (χ0v) is 20.5. The number of fused-ring (bicyclic) bond motifs is 2. The molecular weight excluding hydrogens is 425 g/mol. The Morgan fingerprint density at radius 2 is 1.97 bits per heavy atom. The van der Waals surface area contributed by atoms with Crippen LogP contribution in [0, 0.1) is 23.2 Å². The van der Waals surface area contributed by atoms with Gasteiger partial charge in [-0.25, -0.2) is 14.2 Å².